The van der Waals surface area contributed by atoms with Crippen LogP contribution < -0.4 is 10.5 Å². The molecule has 0 aromatic heterocycles. The largest absolute Gasteiger partial charge is 0.491 e. The van der Waals surface area contributed by atoms with Crippen molar-refractivity contribution < 1.29 is 18.3 Å². The summed E-state index contributed by atoms with van der Waals surface area (Å²) in [7, 11) is 0. The quantitative estimate of drug-likeness (QED) is 0.804. The van der Waals surface area contributed by atoms with Crippen LogP contribution in [0.4, 0.5) is 8.78 Å². The highest BCUT2D eigenvalue weighted by Crippen LogP contribution is 2.22. The van der Waals surface area contributed by atoms with Crippen LogP contribution in [0.1, 0.15) is 17.3 Å². The number of primary amides is 1. The lowest BCUT2D eigenvalue weighted by atomic mass is 10.2. The van der Waals surface area contributed by atoms with Gasteiger partial charge in [-0.1, -0.05) is 0 Å². The third-order valence-electron chi connectivity index (χ3n) is 1.60. The second-order valence-corrected chi connectivity index (χ2v) is 2.53. The molecule has 1 rings (SSSR count). The Morgan fingerprint density at radius 3 is 2.64 bits per heavy atom. The monoisotopic (exact) mass is 201 g/mol. The molecule has 0 aliphatic heterocycles. The van der Waals surface area contributed by atoms with Crippen LogP contribution in [0.25, 0.3) is 0 Å². The maximum absolute atomic E-state index is 13.3. The van der Waals surface area contributed by atoms with Gasteiger partial charge in [-0.2, -0.15) is 0 Å². The molecular formula is C9H9F2NO2. The normalized spacial score (nSPS) is 9.93. The highest BCUT2D eigenvalue weighted by atomic mass is 19.1. The van der Waals surface area contributed by atoms with Crippen LogP contribution in [0.2, 0.25) is 0 Å². The molecule has 14 heavy (non-hydrogen) atoms. The fourth-order valence-corrected chi connectivity index (χ4v) is 1.03. The van der Waals surface area contributed by atoms with Gasteiger partial charge in [-0.25, -0.2) is 8.78 Å². The molecular weight excluding hydrogens is 192 g/mol. The fourth-order valence-electron chi connectivity index (χ4n) is 1.03. The fraction of sp³-hybridized carbons (Fsp3) is 0.222. The van der Waals surface area contributed by atoms with E-state index in [4.69, 9.17) is 10.5 Å². The first-order valence-corrected chi connectivity index (χ1v) is 3.98. The van der Waals surface area contributed by atoms with Gasteiger partial charge in [0.2, 0.25) is 0 Å². The maximum Gasteiger partial charge on any atom is 0.254 e. The number of nitrogens with two attached hydrogens (primary N) is 1. The van der Waals surface area contributed by atoms with E-state index < -0.39 is 23.1 Å². The first-order chi connectivity index (χ1) is 6.57. The third-order valence-corrected chi connectivity index (χ3v) is 1.60. The van der Waals surface area contributed by atoms with E-state index in [0.29, 0.717) is 0 Å². The van der Waals surface area contributed by atoms with Crippen molar-refractivity contribution in [1.29, 1.82) is 0 Å². The molecule has 1 aromatic carbocycles. The van der Waals surface area contributed by atoms with Gasteiger partial charge in [0, 0.05) is 0 Å². The average molecular weight is 201 g/mol. The lowest BCUT2D eigenvalue weighted by molar-refractivity contribution is 0.0991. The van der Waals surface area contributed by atoms with Gasteiger partial charge in [-0.3, -0.25) is 4.79 Å². The van der Waals surface area contributed by atoms with E-state index in [0.717, 1.165) is 12.1 Å². The zero-order valence-corrected chi connectivity index (χ0v) is 7.51. The molecule has 0 heterocycles. The highest BCUT2D eigenvalue weighted by molar-refractivity contribution is 5.93. The minimum absolute atomic E-state index is 0.178. The molecule has 76 valence electrons. The summed E-state index contributed by atoms with van der Waals surface area (Å²) >= 11 is 0. The number of carbonyl (C=O) groups is 1. The molecule has 0 atom stereocenters. The van der Waals surface area contributed by atoms with Crippen molar-refractivity contribution >= 4 is 5.91 Å². The summed E-state index contributed by atoms with van der Waals surface area (Å²) in [4.78, 5) is 10.7. The lowest BCUT2D eigenvalue weighted by Gasteiger charge is -2.07. The second kappa shape index (κ2) is 4.04. The van der Waals surface area contributed by atoms with Gasteiger partial charge in [-0.05, 0) is 19.1 Å². The summed E-state index contributed by atoms with van der Waals surface area (Å²) in [6, 6.07) is 2.05. The summed E-state index contributed by atoms with van der Waals surface area (Å²) in [6.45, 7) is 1.87. The van der Waals surface area contributed by atoms with Crippen LogP contribution in [0.15, 0.2) is 12.1 Å². The van der Waals surface area contributed by atoms with E-state index in [-0.39, 0.29) is 12.4 Å². The van der Waals surface area contributed by atoms with Gasteiger partial charge in [0.05, 0.1) is 6.61 Å². The Hall–Kier alpha value is -1.65. The highest BCUT2D eigenvalue weighted by Gasteiger charge is 2.18. The summed E-state index contributed by atoms with van der Waals surface area (Å²) in [5.74, 6) is -3.37. The Kier molecular flexibility index (Phi) is 3.01. The molecule has 0 spiro atoms. The molecule has 0 aliphatic rings. The molecule has 0 saturated carbocycles. The second-order valence-electron chi connectivity index (χ2n) is 2.53. The zero-order valence-electron chi connectivity index (χ0n) is 7.51. The molecule has 0 fully saturated rings. The number of rotatable bonds is 3. The van der Waals surface area contributed by atoms with Gasteiger partial charge in [0.15, 0.2) is 11.6 Å². The first-order valence-electron chi connectivity index (χ1n) is 3.98. The lowest BCUT2D eigenvalue weighted by Crippen LogP contribution is -2.16. The van der Waals surface area contributed by atoms with Gasteiger partial charge >= 0.3 is 0 Å². The van der Waals surface area contributed by atoms with Crippen molar-refractivity contribution in [2.45, 2.75) is 6.92 Å². The predicted octanol–water partition coefficient (Wildman–Crippen LogP) is 1.46. The Morgan fingerprint density at radius 1 is 1.50 bits per heavy atom. The van der Waals surface area contributed by atoms with Crippen molar-refractivity contribution in [2.24, 2.45) is 5.73 Å². The molecule has 2 N–H and O–H groups in total. The van der Waals surface area contributed by atoms with E-state index in [1.807, 2.05) is 0 Å². The predicted molar refractivity (Wildman–Crippen MR) is 46.0 cm³/mol. The topological polar surface area (TPSA) is 52.3 Å². The van der Waals surface area contributed by atoms with Crippen LogP contribution in [0.5, 0.6) is 5.75 Å². The van der Waals surface area contributed by atoms with E-state index >= 15 is 0 Å². The maximum atomic E-state index is 13.3. The first kappa shape index (κ1) is 10.4. The van der Waals surface area contributed by atoms with Crippen LogP contribution in [0, 0.1) is 11.6 Å². The molecule has 0 unspecified atom stereocenters. The summed E-state index contributed by atoms with van der Waals surface area (Å²) in [6.07, 6.45) is 0. The van der Waals surface area contributed by atoms with Crippen molar-refractivity contribution in [3.05, 3.63) is 29.3 Å². The standard InChI is InChI=1S/C9H9F2NO2/c1-2-14-6-4-3-5(10)7(8(6)11)9(12)13/h3-4H,2H2,1H3,(H2,12,13). The Balaban J connectivity index is 3.26. The van der Waals surface area contributed by atoms with Crippen LogP contribution >= 0.6 is 0 Å². The molecule has 0 saturated heterocycles. The molecule has 1 aromatic rings. The Labute approximate surface area is 79.5 Å². The van der Waals surface area contributed by atoms with Crippen molar-refractivity contribution in [1.82, 2.24) is 0 Å². The van der Waals surface area contributed by atoms with Crippen molar-refractivity contribution in [2.75, 3.05) is 6.61 Å². The van der Waals surface area contributed by atoms with E-state index in [2.05, 4.69) is 0 Å². The van der Waals surface area contributed by atoms with Gasteiger partial charge < -0.3 is 10.5 Å². The third kappa shape index (κ3) is 1.81. The van der Waals surface area contributed by atoms with E-state index in [1.54, 1.807) is 6.92 Å². The average Bonchev–Trinajstić information content (AvgIpc) is 2.10. The molecule has 0 aliphatic carbocycles. The van der Waals surface area contributed by atoms with Crippen molar-refractivity contribution in [3.63, 3.8) is 0 Å². The van der Waals surface area contributed by atoms with Crippen LogP contribution in [-0.2, 0) is 0 Å². The number of halogens is 2. The summed E-state index contributed by atoms with van der Waals surface area (Å²) < 4.78 is 31.1. The Morgan fingerprint density at radius 2 is 2.14 bits per heavy atom. The van der Waals surface area contributed by atoms with Crippen molar-refractivity contribution in [3.8, 4) is 5.75 Å². The zero-order chi connectivity index (χ0) is 10.7. The van der Waals surface area contributed by atoms with Crippen LogP contribution in [0.3, 0.4) is 0 Å². The van der Waals surface area contributed by atoms with Gasteiger partial charge in [0.25, 0.3) is 5.91 Å². The van der Waals surface area contributed by atoms with E-state index in [9.17, 15) is 13.6 Å². The summed E-state index contributed by atoms with van der Waals surface area (Å²) in [5.41, 5.74) is 4.04. The van der Waals surface area contributed by atoms with E-state index in [1.165, 1.54) is 0 Å². The molecule has 5 heteroatoms. The minimum atomic E-state index is -1.15. The van der Waals surface area contributed by atoms with Crippen LogP contribution in [-0.4, -0.2) is 12.5 Å². The molecule has 3 nitrogen and oxygen atoms in total. The SMILES string of the molecule is CCOc1ccc(F)c(C(N)=O)c1F. The minimum Gasteiger partial charge on any atom is -0.491 e. The van der Waals surface area contributed by atoms with Gasteiger partial charge in [-0.15, -0.1) is 0 Å². The smallest absolute Gasteiger partial charge is 0.254 e. The number of hydrogen-bond donors (Lipinski definition) is 1. The molecule has 0 radical (unpaired) electrons. The molecule has 1 amide bonds. The number of ether oxygens (including phenoxy) is 1. The molecule has 0 bridgehead atoms. The van der Waals surface area contributed by atoms with Gasteiger partial charge in [0.1, 0.15) is 11.4 Å². The number of carbonyl (C=O) groups excluding carboxylic acids is 1. The summed E-state index contributed by atoms with van der Waals surface area (Å²) in [5, 5.41) is 0. The number of hydrogen-bond acceptors (Lipinski definition) is 2. The number of amides is 1. The number of benzene rings is 1. The Bertz CT molecular complexity index is 366.